The van der Waals surface area contributed by atoms with Crippen LogP contribution in [0.3, 0.4) is 0 Å². The summed E-state index contributed by atoms with van der Waals surface area (Å²) in [6.07, 6.45) is 1.08. The van der Waals surface area contributed by atoms with E-state index in [0.717, 1.165) is 35.9 Å². The van der Waals surface area contributed by atoms with Gasteiger partial charge in [0, 0.05) is 25.3 Å². The van der Waals surface area contributed by atoms with Crippen LogP contribution in [-0.2, 0) is 20.0 Å². The standard InChI is InChI=1S/C22H35N5O/c1-8-23-22(24-14-19-10-9-11-20(13-19)28-15(2)3)25-16(4)12-21-17(5)26-27(7)18(21)6/h9-11,13,15-16H,8,12,14H2,1-7H3,(H2,23,24,25). The smallest absolute Gasteiger partial charge is 0.191 e. The van der Waals surface area contributed by atoms with Crippen LogP contribution in [0.15, 0.2) is 29.3 Å². The van der Waals surface area contributed by atoms with Crippen LogP contribution < -0.4 is 15.4 Å². The van der Waals surface area contributed by atoms with E-state index in [4.69, 9.17) is 9.73 Å². The van der Waals surface area contributed by atoms with E-state index in [1.165, 1.54) is 11.3 Å². The molecule has 1 heterocycles. The third-order valence-electron chi connectivity index (χ3n) is 4.59. The Labute approximate surface area is 169 Å². The van der Waals surface area contributed by atoms with Crippen LogP contribution >= 0.6 is 0 Å². The van der Waals surface area contributed by atoms with Gasteiger partial charge in [-0.1, -0.05) is 12.1 Å². The molecule has 0 amide bonds. The Morgan fingerprint density at radius 1 is 1.25 bits per heavy atom. The first-order chi connectivity index (χ1) is 13.3. The van der Waals surface area contributed by atoms with Crippen molar-refractivity contribution >= 4 is 5.96 Å². The van der Waals surface area contributed by atoms with E-state index in [9.17, 15) is 0 Å². The molecular weight excluding hydrogens is 350 g/mol. The molecule has 1 aromatic heterocycles. The average Bonchev–Trinajstić information content (AvgIpc) is 2.86. The molecule has 0 aliphatic heterocycles. The highest BCUT2D eigenvalue weighted by Gasteiger charge is 2.14. The lowest BCUT2D eigenvalue weighted by Gasteiger charge is -2.18. The van der Waals surface area contributed by atoms with E-state index in [-0.39, 0.29) is 12.1 Å². The zero-order valence-electron chi connectivity index (χ0n) is 18.3. The van der Waals surface area contributed by atoms with E-state index >= 15 is 0 Å². The van der Waals surface area contributed by atoms with Crippen molar-refractivity contribution in [2.45, 2.75) is 66.7 Å². The summed E-state index contributed by atoms with van der Waals surface area (Å²) >= 11 is 0. The maximum absolute atomic E-state index is 5.78. The molecule has 0 spiro atoms. The third-order valence-corrected chi connectivity index (χ3v) is 4.59. The lowest BCUT2D eigenvalue weighted by atomic mass is 10.1. The number of hydrogen-bond acceptors (Lipinski definition) is 3. The lowest BCUT2D eigenvalue weighted by Crippen LogP contribution is -2.43. The normalized spacial score (nSPS) is 12.9. The molecule has 2 aromatic rings. The molecule has 1 atom stereocenters. The fourth-order valence-corrected chi connectivity index (χ4v) is 3.18. The molecule has 28 heavy (non-hydrogen) atoms. The zero-order valence-corrected chi connectivity index (χ0v) is 18.3. The molecule has 1 aromatic carbocycles. The first-order valence-corrected chi connectivity index (χ1v) is 10.1. The minimum atomic E-state index is 0.165. The summed E-state index contributed by atoms with van der Waals surface area (Å²) in [6, 6.07) is 8.37. The number of aromatic nitrogens is 2. The Morgan fingerprint density at radius 3 is 2.61 bits per heavy atom. The molecule has 154 valence electrons. The van der Waals surface area contributed by atoms with Crippen molar-refractivity contribution in [1.29, 1.82) is 0 Å². The Hall–Kier alpha value is -2.50. The lowest BCUT2D eigenvalue weighted by molar-refractivity contribution is 0.242. The fraction of sp³-hybridized carbons (Fsp3) is 0.545. The van der Waals surface area contributed by atoms with Gasteiger partial charge in [-0.25, -0.2) is 4.99 Å². The summed E-state index contributed by atoms with van der Waals surface area (Å²) in [4.78, 5) is 4.75. The van der Waals surface area contributed by atoms with E-state index in [2.05, 4.69) is 55.6 Å². The second-order valence-electron chi connectivity index (χ2n) is 7.53. The molecule has 2 rings (SSSR count). The number of hydrogen-bond donors (Lipinski definition) is 2. The van der Waals surface area contributed by atoms with Gasteiger partial charge in [-0.2, -0.15) is 5.10 Å². The van der Waals surface area contributed by atoms with Crippen LogP contribution in [0.2, 0.25) is 0 Å². The molecule has 0 saturated heterocycles. The highest BCUT2D eigenvalue weighted by molar-refractivity contribution is 5.80. The van der Waals surface area contributed by atoms with E-state index in [0.29, 0.717) is 6.54 Å². The van der Waals surface area contributed by atoms with Gasteiger partial charge in [0.1, 0.15) is 5.75 Å². The van der Waals surface area contributed by atoms with Gasteiger partial charge in [0.15, 0.2) is 5.96 Å². The summed E-state index contributed by atoms with van der Waals surface area (Å²) in [5.74, 6) is 1.71. The highest BCUT2D eigenvalue weighted by Crippen LogP contribution is 2.16. The Balaban J connectivity index is 2.03. The number of aryl methyl sites for hydroxylation is 2. The van der Waals surface area contributed by atoms with Crippen LogP contribution in [0.4, 0.5) is 0 Å². The zero-order chi connectivity index (χ0) is 20.7. The van der Waals surface area contributed by atoms with Gasteiger partial charge in [-0.15, -0.1) is 0 Å². The quantitative estimate of drug-likeness (QED) is 0.539. The van der Waals surface area contributed by atoms with Crippen molar-refractivity contribution < 1.29 is 4.74 Å². The number of nitrogens with zero attached hydrogens (tertiary/aromatic N) is 3. The summed E-state index contributed by atoms with van der Waals surface area (Å²) in [5.41, 5.74) is 4.74. The predicted molar refractivity (Wildman–Crippen MR) is 116 cm³/mol. The number of aliphatic imine (C=N–C) groups is 1. The van der Waals surface area contributed by atoms with Crippen molar-refractivity contribution in [3.8, 4) is 5.75 Å². The monoisotopic (exact) mass is 385 g/mol. The van der Waals surface area contributed by atoms with Crippen LogP contribution in [-0.4, -0.2) is 34.4 Å². The summed E-state index contributed by atoms with van der Waals surface area (Å²) in [7, 11) is 1.99. The minimum Gasteiger partial charge on any atom is -0.491 e. The SMILES string of the molecule is CCNC(=NCc1cccc(OC(C)C)c1)NC(C)Cc1c(C)nn(C)c1C. The molecular formula is C22H35N5O. The largest absolute Gasteiger partial charge is 0.491 e. The van der Waals surface area contributed by atoms with Crippen molar-refractivity contribution in [3.63, 3.8) is 0 Å². The van der Waals surface area contributed by atoms with E-state index in [1.807, 2.05) is 37.7 Å². The van der Waals surface area contributed by atoms with Gasteiger partial charge < -0.3 is 15.4 Å². The molecule has 1 unspecified atom stereocenters. The number of rotatable bonds is 8. The van der Waals surface area contributed by atoms with Gasteiger partial charge >= 0.3 is 0 Å². The summed E-state index contributed by atoms with van der Waals surface area (Å²) in [5, 5.41) is 11.4. The Morgan fingerprint density at radius 2 is 2.00 bits per heavy atom. The number of benzene rings is 1. The highest BCUT2D eigenvalue weighted by atomic mass is 16.5. The number of ether oxygens (including phenoxy) is 1. The Kier molecular flexibility index (Phi) is 7.91. The average molecular weight is 386 g/mol. The summed E-state index contributed by atoms with van der Waals surface area (Å²) in [6.45, 7) is 13.9. The van der Waals surface area contributed by atoms with Crippen LogP contribution in [0.25, 0.3) is 0 Å². The van der Waals surface area contributed by atoms with Crippen LogP contribution in [0.5, 0.6) is 5.75 Å². The molecule has 0 aliphatic rings. The van der Waals surface area contributed by atoms with Crippen molar-refractivity contribution in [2.24, 2.45) is 12.0 Å². The Bertz CT molecular complexity index is 794. The van der Waals surface area contributed by atoms with Crippen molar-refractivity contribution in [3.05, 3.63) is 46.8 Å². The van der Waals surface area contributed by atoms with Crippen LogP contribution in [0, 0.1) is 13.8 Å². The predicted octanol–water partition coefficient (Wildman–Crippen LogP) is 3.51. The minimum absolute atomic E-state index is 0.165. The second-order valence-corrected chi connectivity index (χ2v) is 7.53. The van der Waals surface area contributed by atoms with Crippen LogP contribution in [0.1, 0.15) is 50.2 Å². The molecule has 2 N–H and O–H groups in total. The van der Waals surface area contributed by atoms with Gasteiger partial charge in [0.2, 0.25) is 0 Å². The molecule has 0 fully saturated rings. The van der Waals surface area contributed by atoms with Gasteiger partial charge in [-0.3, -0.25) is 4.68 Å². The first kappa shape index (κ1) is 21.8. The number of nitrogens with one attached hydrogen (secondary N) is 2. The third kappa shape index (κ3) is 6.29. The topological polar surface area (TPSA) is 63.5 Å². The van der Waals surface area contributed by atoms with Gasteiger partial charge in [0.05, 0.1) is 18.3 Å². The summed E-state index contributed by atoms with van der Waals surface area (Å²) < 4.78 is 7.72. The molecule has 6 nitrogen and oxygen atoms in total. The molecule has 6 heteroatoms. The number of guanidine groups is 1. The van der Waals surface area contributed by atoms with Gasteiger partial charge in [0.25, 0.3) is 0 Å². The van der Waals surface area contributed by atoms with Crippen molar-refractivity contribution in [1.82, 2.24) is 20.4 Å². The maximum Gasteiger partial charge on any atom is 0.191 e. The van der Waals surface area contributed by atoms with Crippen molar-refractivity contribution in [2.75, 3.05) is 6.54 Å². The maximum atomic E-state index is 5.78. The second kappa shape index (κ2) is 10.2. The molecule has 0 aliphatic carbocycles. The van der Waals surface area contributed by atoms with Gasteiger partial charge in [-0.05, 0) is 71.2 Å². The van der Waals surface area contributed by atoms with E-state index < -0.39 is 0 Å². The first-order valence-electron chi connectivity index (χ1n) is 10.1. The molecule has 0 radical (unpaired) electrons. The van der Waals surface area contributed by atoms with E-state index in [1.54, 1.807) is 0 Å². The fourth-order valence-electron chi connectivity index (χ4n) is 3.18. The molecule has 0 saturated carbocycles. The molecule has 0 bridgehead atoms.